The Labute approximate surface area is 193 Å². The van der Waals surface area contributed by atoms with Crippen LogP contribution in [0.1, 0.15) is 37.9 Å². The van der Waals surface area contributed by atoms with Crippen molar-refractivity contribution >= 4 is 35.2 Å². The lowest BCUT2D eigenvalue weighted by Gasteiger charge is -2.26. The molecule has 2 amide bonds. The number of hydrogen-bond acceptors (Lipinski definition) is 4. The molecule has 2 aromatic carbocycles. The molecule has 0 aromatic heterocycles. The molecule has 2 atom stereocenters. The Morgan fingerprint density at radius 1 is 1.03 bits per heavy atom. The maximum absolute atomic E-state index is 13.2. The van der Waals surface area contributed by atoms with Crippen LogP contribution in [-0.2, 0) is 20.7 Å². The summed E-state index contributed by atoms with van der Waals surface area (Å²) in [7, 11) is 1.53. The number of benzene rings is 2. The first-order valence-electron chi connectivity index (χ1n) is 9.86. The molecule has 0 fully saturated rings. The van der Waals surface area contributed by atoms with Gasteiger partial charge in [0, 0.05) is 23.6 Å². The van der Waals surface area contributed by atoms with E-state index in [1.165, 1.54) is 7.11 Å². The van der Waals surface area contributed by atoms with Gasteiger partial charge in [0.25, 0.3) is 0 Å². The quantitative estimate of drug-likeness (QED) is 0.577. The molecule has 0 bridgehead atoms. The lowest BCUT2D eigenvalue weighted by Crippen LogP contribution is -2.50. The van der Waals surface area contributed by atoms with Crippen LogP contribution in [0.3, 0.4) is 0 Å². The van der Waals surface area contributed by atoms with E-state index in [0.717, 1.165) is 5.56 Å². The van der Waals surface area contributed by atoms with Gasteiger partial charge in [-0.05, 0) is 44.0 Å². The van der Waals surface area contributed by atoms with Gasteiger partial charge in [0.1, 0.15) is 11.6 Å². The minimum atomic E-state index is -0.859. The van der Waals surface area contributed by atoms with Crippen molar-refractivity contribution in [1.29, 1.82) is 0 Å². The van der Waals surface area contributed by atoms with E-state index in [1.807, 2.05) is 30.3 Å². The average molecular weight is 467 g/mol. The summed E-state index contributed by atoms with van der Waals surface area (Å²) in [6, 6.07) is 13.1. The van der Waals surface area contributed by atoms with E-state index in [9.17, 15) is 9.59 Å². The zero-order chi connectivity index (χ0) is 23.0. The number of amides is 2. The van der Waals surface area contributed by atoms with Crippen LogP contribution in [0.2, 0.25) is 10.0 Å². The zero-order valence-corrected chi connectivity index (χ0v) is 19.6. The van der Waals surface area contributed by atoms with Gasteiger partial charge in [-0.15, -0.1) is 0 Å². The topological polar surface area (TPSA) is 76.7 Å². The van der Waals surface area contributed by atoms with Crippen LogP contribution in [0, 0.1) is 0 Å². The van der Waals surface area contributed by atoms with E-state index >= 15 is 0 Å². The summed E-state index contributed by atoms with van der Waals surface area (Å²) in [6.45, 7) is 5.47. The van der Waals surface area contributed by atoms with E-state index in [1.54, 1.807) is 39.0 Å². The fourth-order valence-electron chi connectivity index (χ4n) is 2.94. The number of hydrogen-bond donors (Lipinski definition) is 2. The highest BCUT2D eigenvalue weighted by Gasteiger charge is 2.27. The Balaban J connectivity index is 2.23. The van der Waals surface area contributed by atoms with Gasteiger partial charge in [-0.3, -0.25) is 4.79 Å². The highest BCUT2D eigenvalue weighted by Crippen LogP contribution is 2.26. The fraction of sp³-hybridized carbons (Fsp3) is 0.391. The van der Waals surface area contributed by atoms with Crippen LogP contribution >= 0.6 is 23.2 Å². The summed E-state index contributed by atoms with van der Waals surface area (Å²) >= 11 is 12.3. The Morgan fingerprint density at radius 3 is 2.29 bits per heavy atom. The lowest BCUT2D eigenvalue weighted by molar-refractivity contribution is -0.124. The number of halogens is 2. The predicted molar refractivity (Wildman–Crippen MR) is 123 cm³/mol. The molecule has 0 saturated heterocycles. The molecule has 0 aliphatic rings. The van der Waals surface area contributed by atoms with Crippen molar-refractivity contribution in [3.05, 3.63) is 69.7 Å². The molecule has 2 unspecified atom stereocenters. The molecule has 2 N–H and O–H groups in total. The Morgan fingerprint density at radius 2 is 1.71 bits per heavy atom. The van der Waals surface area contributed by atoms with Crippen LogP contribution in [-0.4, -0.2) is 37.4 Å². The van der Waals surface area contributed by atoms with Crippen molar-refractivity contribution in [2.45, 2.75) is 44.9 Å². The van der Waals surface area contributed by atoms with Gasteiger partial charge < -0.3 is 20.1 Å². The van der Waals surface area contributed by atoms with E-state index in [4.69, 9.17) is 32.7 Å². The summed E-state index contributed by atoms with van der Waals surface area (Å²) in [5.74, 6) is -0.386. The summed E-state index contributed by atoms with van der Waals surface area (Å²) in [4.78, 5) is 25.5. The molecule has 8 heteroatoms. The van der Waals surface area contributed by atoms with Gasteiger partial charge in [-0.1, -0.05) is 59.6 Å². The summed E-state index contributed by atoms with van der Waals surface area (Å²) in [5.41, 5.74) is 0.872. The lowest BCUT2D eigenvalue weighted by atomic mass is 10.0. The second-order valence-electron chi connectivity index (χ2n) is 8.07. The van der Waals surface area contributed by atoms with Gasteiger partial charge in [0.05, 0.1) is 12.6 Å². The van der Waals surface area contributed by atoms with E-state index in [-0.39, 0.29) is 12.5 Å². The van der Waals surface area contributed by atoms with Crippen molar-refractivity contribution in [2.75, 3.05) is 13.7 Å². The normalized spacial score (nSPS) is 13.2. The van der Waals surface area contributed by atoms with Crippen molar-refractivity contribution in [2.24, 2.45) is 0 Å². The van der Waals surface area contributed by atoms with Gasteiger partial charge >= 0.3 is 6.09 Å². The molecule has 0 spiro atoms. The van der Waals surface area contributed by atoms with Gasteiger partial charge in [-0.25, -0.2) is 4.79 Å². The first-order valence-corrected chi connectivity index (χ1v) is 10.6. The molecular weight excluding hydrogens is 439 g/mol. The van der Waals surface area contributed by atoms with Gasteiger partial charge in [-0.2, -0.15) is 0 Å². The average Bonchev–Trinajstić information content (AvgIpc) is 2.66. The minimum absolute atomic E-state index is 0.192. The molecule has 0 saturated carbocycles. The molecule has 0 aliphatic carbocycles. The predicted octanol–water partition coefficient (Wildman–Crippen LogP) is 4.93. The Hall–Kier alpha value is -2.28. The van der Waals surface area contributed by atoms with Crippen LogP contribution in [0.15, 0.2) is 48.5 Å². The number of carbonyl (C=O) groups is 2. The molecule has 168 valence electrons. The zero-order valence-electron chi connectivity index (χ0n) is 18.1. The third-order valence-corrected chi connectivity index (χ3v) is 4.84. The number of rotatable bonds is 8. The van der Waals surface area contributed by atoms with E-state index in [2.05, 4.69) is 10.6 Å². The molecule has 6 nitrogen and oxygen atoms in total. The SMILES string of the molecule is COCC(NC(=O)C(Cc1ccccc1)NC(=O)OC(C)(C)C)c1ccc(Cl)cc1Cl. The third kappa shape index (κ3) is 8.40. The second-order valence-corrected chi connectivity index (χ2v) is 8.91. The molecule has 0 radical (unpaired) electrons. The highest BCUT2D eigenvalue weighted by molar-refractivity contribution is 6.35. The van der Waals surface area contributed by atoms with Crippen LogP contribution in [0.4, 0.5) is 4.79 Å². The Kier molecular flexibility index (Phi) is 9.16. The van der Waals surface area contributed by atoms with Crippen molar-refractivity contribution < 1.29 is 19.1 Å². The van der Waals surface area contributed by atoms with Crippen LogP contribution in [0.5, 0.6) is 0 Å². The summed E-state index contributed by atoms with van der Waals surface area (Å²) < 4.78 is 10.6. The standard InChI is InChI=1S/C23H28Cl2N2O4/c1-23(2,3)31-22(29)27-19(12-15-8-6-5-7-9-15)21(28)26-20(14-30-4)17-11-10-16(24)13-18(17)25/h5-11,13,19-20H,12,14H2,1-4H3,(H,26,28)(H,27,29). The number of alkyl carbamates (subject to hydrolysis) is 1. The first kappa shape index (κ1) is 25.0. The van der Waals surface area contributed by atoms with E-state index in [0.29, 0.717) is 22.0 Å². The van der Waals surface area contributed by atoms with Crippen LogP contribution in [0.25, 0.3) is 0 Å². The second kappa shape index (κ2) is 11.4. The molecule has 0 aliphatic heterocycles. The molecule has 2 aromatic rings. The summed E-state index contributed by atoms with van der Waals surface area (Å²) in [5, 5.41) is 6.50. The largest absolute Gasteiger partial charge is 0.444 e. The van der Waals surface area contributed by atoms with Crippen LogP contribution < -0.4 is 10.6 Å². The fourth-order valence-corrected chi connectivity index (χ4v) is 3.48. The van der Waals surface area contributed by atoms with Crippen molar-refractivity contribution in [3.8, 4) is 0 Å². The summed E-state index contributed by atoms with van der Waals surface area (Å²) in [6.07, 6.45) is -0.378. The van der Waals surface area contributed by atoms with Gasteiger partial charge in [0.2, 0.25) is 5.91 Å². The maximum Gasteiger partial charge on any atom is 0.408 e. The highest BCUT2D eigenvalue weighted by atomic mass is 35.5. The van der Waals surface area contributed by atoms with Crippen molar-refractivity contribution in [1.82, 2.24) is 10.6 Å². The number of nitrogens with one attached hydrogen (secondary N) is 2. The number of methoxy groups -OCH3 is 1. The first-order chi connectivity index (χ1) is 14.6. The Bertz CT molecular complexity index is 885. The van der Waals surface area contributed by atoms with Gasteiger partial charge in [0.15, 0.2) is 0 Å². The minimum Gasteiger partial charge on any atom is -0.444 e. The number of ether oxygens (including phenoxy) is 2. The van der Waals surface area contributed by atoms with E-state index < -0.39 is 23.8 Å². The molecule has 0 heterocycles. The number of carbonyl (C=O) groups excluding carboxylic acids is 2. The molecule has 2 rings (SSSR count). The molecular formula is C23H28Cl2N2O4. The third-order valence-electron chi connectivity index (χ3n) is 4.28. The van der Waals surface area contributed by atoms with Crippen molar-refractivity contribution in [3.63, 3.8) is 0 Å². The smallest absolute Gasteiger partial charge is 0.408 e. The maximum atomic E-state index is 13.2. The monoisotopic (exact) mass is 466 g/mol. The molecule has 31 heavy (non-hydrogen) atoms.